The van der Waals surface area contributed by atoms with Crippen molar-refractivity contribution in [2.75, 3.05) is 5.33 Å². The van der Waals surface area contributed by atoms with Crippen LogP contribution >= 0.6 is 31.9 Å². The number of benzene rings is 1. The molecule has 0 fully saturated rings. The van der Waals surface area contributed by atoms with E-state index in [1.165, 1.54) is 11.1 Å². The van der Waals surface area contributed by atoms with Crippen LogP contribution in [-0.4, -0.2) is 5.33 Å². The third-order valence-corrected chi connectivity index (χ3v) is 3.12. The second-order valence-corrected chi connectivity index (χ2v) is 4.32. The summed E-state index contributed by atoms with van der Waals surface area (Å²) in [6, 6.07) is 8.35. The van der Waals surface area contributed by atoms with E-state index in [9.17, 15) is 0 Å². The summed E-state index contributed by atoms with van der Waals surface area (Å²) in [5.74, 6) is 0. The molecule has 1 aromatic carbocycles. The first kappa shape index (κ1) is 11.0. The van der Waals surface area contributed by atoms with Gasteiger partial charge in [-0.3, -0.25) is 0 Å². The minimum absolute atomic E-state index is 0.958. The van der Waals surface area contributed by atoms with Crippen LogP contribution in [0.1, 0.15) is 18.9 Å². The summed E-state index contributed by atoms with van der Waals surface area (Å²) < 4.78 is 1.13. The van der Waals surface area contributed by atoms with Crippen LogP contribution in [0.4, 0.5) is 0 Å². The highest BCUT2D eigenvalue weighted by atomic mass is 79.9. The van der Waals surface area contributed by atoms with Crippen LogP contribution in [0.25, 0.3) is 6.08 Å². The van der Waals surface area contributed by atoms with E-state index in [4.69, 9.17) is 0 Å². The van der Waals surface area contributed by atoms with E-state index < -0.39 is 0 Å². The Balaban J connectivity index is 2.84. The van der Waals surface area contributed by atoms with Gasteiger partial charge in [0.05, 0.1) is 0 Å². The molecule has 0 radical (unpaired) electrons. The molecule has 0 aliphatic heterocycles. The topological polar surface area (TPSA) is 0 Å². The molecule has 0 aliphatic rings. The van der Waals surface area contributed by atoms with Crippen molar-refractivity contribution in [2.24, 2.45) is 0 Å². The highest BCUT2D eigenvalue weighted by Gasteiger charge is 1.92. The van der Waals surface area contributed by atoms with Gasteiger partial charge >= 0.3 is 0 Å². The Morgan fingerprint density at radius 1 is 1.31 bits per heavy atom. The van der Waals surface area contributed by atoms with Crippen LogP contribution < -0.4 is 0 Å². The lowest BCUT2D eigenvalue weighted by Crippen LogP contribution is -1.81. The molecule has 0 unspecified atom stereocenters. The summed E-state index contributed by atoms with van der Waals surface area (Å²) in [6.07, 6.45) is 3.32. The highest BCUT2D eigenvalue weighted by Crippen LogP contribution is 2.15. The molecule has 0 aliphatic carbocycles. The van der Waals surface area contributed by atoms with Gasteiger partial charge in [-0.1, -0.05) is 62.6 Å². The molecule has 13 heavy (non-hydrogen) atoms. The molecule has 0 spiro atoms. The Kier molecular flexibility index (Phi) is 4.74. The molecule has 70 valence electrons. The maximum Gasteiger partial charge on any atom is 0.0245 e. The van der Waals surface area contributed by atoms with Crippen molar-refractivity contribution in [3.8, 4) is 0 Å². The van der Waals surface area contributed by atoms with Gasteiger partial charge in [-0.15, -0.1) is 0 Å². The molecule has 0 heterocycles. The zero-order valence-electron chi connectivity index (χ0n) is 7.56. The Morgan fingerprint density at radius 2 is 1.92 bits per heavy atom. The van der Waals surface area contributed by atoms with E-state index in [2.05, 4.69) is 69.1 Å². The molecule has 0 saturated heterocycles. The van der Waals surface area contributed by atoms with E-state index in [0.29, 0.717) is 0 Å². The molecule has 0 atom stereocenters. The minimum Gasteiger partial charge on any atom is -0.0880 e. The fourth-order valence-corrected chi connectivity index (χ4v) is 1.85. The van der Waals surface area contributed by atoms with Crippen molar-refractivity contribution in [2.45, 2.75) is 13.3 Å². The first-order chi connectivity index (χ1) is 6.26. The second kappa shape index (κ2) is 5.61. The summed E-state index contributed by atoms with van der Waals surface area (Å²) >= 11 is 6.89. The third kappa shape index (κ3) is 3.65. The number of hydrogen-bond acceptors (Lipinski definition) is 0. The molecule has 0 bridgehead atoms. The first-order valence-electron chi connectivity index (χ1n) is 4.27. The fraction of sp³-hybridized carbons (Fsp3) is 0.273. The molecule has 1 aromatic rings. The molecule has 2 heteroatoms. The third-order valence-electron chi connectivity index (χ3n) is 1.87. The lowest BCUT2D eigenvalue weighted by Gasteiger charge is -1.99. The van der Waals surface area contributed by atoms with E-state index in [0.717, 1.165) is 16.2 Å². The predicted molar refractivity (Wildman–Crippen MR) is 66.2 cm³/mol. The SMILES string of the molecule is CCC(=Cc1ccc(Br)cc1)CBr. The van der Waals surface area contributed by atoms with Gasteiger partial charge in [-0.25, -0.2) is 0 Å². The molecule has 1 rings (SSSR count). The van der Waals surface area contributed by atoms with Crippen molar-refractivity contribution in [1.82, 2.24) is 0 Å². The van der Waals surface area contributed by atoms with Crippen molar-refractivity contribution in [3.05, 3.63) is 39.9 Å². The summed E-state index contributed by atoms with van der Waals surface area (Å²) in [7, 11) is 0. The van der Waals surface area contributed by atoms with Gasteiger partial charge < -0.3 is 0 Å². The summed E-state index contributed by atoms with van der Waals surface area (Å²) in [4.78, 5) is 0. The molecule has 0 saturated carbocycles. The monoisotopic (exact) mass is 302 g/mol. The minimum atomic E-state index is 0.958. The lowest BCUT2D eigenvalue weighted by atomic mass is 10.1. The van der Waals surface area contributed by atoms with Crippen LogP contribution in [0.5, 0.6) is 0 Å². The van der Waals surface area contributed by atoms with Crippen molar-refractivity contribution < 1.29 is 0 Å². The standard InChI is InChI=1S/C11H12Br2/c1-2-9(8-12)7-10-3-5-11(13)6-4-10/h3-7H,2,8H2,1H3. The summed E-state index contributed by atoms with van der Waals surface area (Å²) in [6.45, 7) is 2.17. The number of alkyl halides is 1. The quantitative estimate of drug-likeness (QED) is 0.714. The molecular formula is C11H12Br2. The number of rotatable bonds is 3. The molecular weight excluding hydrogens is 292 g/mol. The zero-order valence-corrected chi connectivity index (χ0v) is 10.7. The first-order valence-corrected chi connectivity index (χ1v) is 6.18. The van der Waals surface area contributed by atoms with Gasteiger partial charge in [-0.05, 0) is 24.1 Å². The Morgan fingerprint density at radius 3 is 2.38 bits per heavy atom. The van der Waals surface area contributed by atoms with Crippen molar-refractivity contribution in [1.29, 1.82) is 0 Å². The van der Waals surface area contributed by atoms with E-state index in [-0.39, 0.29) is 0 Å². The summed E-state index contributed by atoms with van der Waals surface area (Å²) in [5, 5.41) is 0.958. The van der Waals surface area contributed by atoms with Crippen LogP contribution in [0.15, 0.2) is 34.3 Å². The smallest absolute Gasteiger partial charge is 0.0245 e. The van der Waals surface area contributed by atoms with Crippen LogP contribution in [0.2, 0.25) is 0 Å². The van der Waals surface area contributed by atoms with Crippen molar-refractivity contribution in [3.63, 3.8) is 0 Å². The van der Waals surface area contributed by atoms with Crippen LogP contribution in [-0.2, 0) is 0 Å². The van der Waals surface area contributed by atoms with Crippen LogP contribution in [0.3, 0.4) is 0 Å². The average molecular weight is 304 g/mol. The number of halogens is 2. The highest BCUT2D eigenvalue weighted by molar-refractivity contribution is 9.10. The molecule has 0 amide bonds. The fourth-order valence-electron chi connectivity index (χ4n) is 1.03. The van der Waals surface area contributed by atoms with Crippen LogP contribution in [0, 0.1) is 0 Å². The Bertz CT molecular complexity index is 279. The lowest BCUT2D eigenvalue weighted by molar-refractivity contribution is 1.12. The second-order valence-electron chi connectivity index (χ2n) is 2.84. The zero-order chi connectivity index (χ0) is 9.68. The van der Waals surface area contributed by atoms with E-state index >= 15 is 0 Å². The Hall–Kier alpha value is -0.0800. The maximum absolute atomic E-state index is 3.47. The number of allylic oxidation sites excluding steroid dienone is 1. The molecule has 0 aromatic heterocycles. The largest absolute Gasteiger partial charge is 0.0880 e. The molecule has 0 nitrogen and oxygen atoms in total. The van der Waals surface area contributed by atoms with Gasteiger partial charge in [0, 0.05) is 9.80 Å². The van der Waals surface area contributed by atoms with Gasteiger partial charge in [0.2, 0.25) is 0 Å². The summed E-state index contributed by atoms with van der Waals surface area (Å²) in [5.41, 5.74) is 2.68. The van der Waals surface area contributed by atoms with Gasteiger partial charge in [0.15, 0.2) is 0 Å². The van der Waals surface area contributed by atoms with Gasteiger partial charge in [0.1, 0.15) is 0 Å². The molecule has 0 N–H and O–H groups in total. The normalized spacial score (nSPS) is 11.8. The maximum atomic E-state index is 3.47. The van der Waals surface area contributed by atoms with E-state index in [1.807, 2.05) is 0 Å². The van der Waals surface area contributed by atoms with E-state index in [1.54, 1.807) is 0 Å². The average Bonchev–Trinajstić information content (AvgIpc) is 2.17. The van der Waals surface area contributed by atoms with Crippen molar-refractivity contribution >= 4 is 37.9 Å². The predicted octanol–water partition coefficient (Wildman–Crippen LogP) is 4.64. The Labute approximate surface area is 96.3 Å². The van der Waals surface area contributed by atoms with Gasteiger partial charge in [0.25, 0.3) is 0 Å². The van der Waals surface area contributed by atoms with Gasteiger partial charge in [-0.2, -0.15) is 0 Å². The number of hydrogen-bond donors (Lipinski definition) is 0.